The molecule has 1 amide bonds. The van der Waals surface area contributed by atoms with Crippen molar-refractivity contribution in [3.8, 4) is 0 Å². The first-order valence-electron chi connectivity index (χ1n) is 8.65. The molecule has 3 rings (SSSR count). The fourth-order valence-corrected chi connectivity index (χ4v) is 4.51. The van der Waals surface area contributed by atoms with E-state index < -0.39 is 17.6 Å². The summed E-state index contributed by atoms with van der Waals surface area (Å²) in [5, 5.41) is 21.8. The van der Waals surface area contributed by atoms with Crippen LogP contribution < -0.4 is 5.73 Å². The Labute approximate surface area is 148 Å². The van der Waals surface area contributed by atoms with Gasteiger partial charge in [-0.05, 0) is 41.8 Å². The van der Waals surface area contributed by atoms with Crippen LogP contribution in [0.25, 0.3) is 0 Å². The Morgan fingerprint density at radius 1 is 1.48 bits per heavy atom. The van der Waals surface area contributed by atoms with Gasteiger partial charge in [-0.15, -0.1) is 0 Å². The van der Waals surface area contributed by atoms with E-state index in [1.165, 1.54) is 0 Å². The number of hydrogen-bond acceptors (Lipinski definition) is 3. The van der Waals surface area contributed by atoms with E-state index in [-0.39, 0.29) is 12.0 Å². The van der Waals surface area contributed by atoms with Crippen LogP contribution in [0.1, 0.15) is 33.8 Å². The number of hydrogen-bond donors (Lipinski definition) is 3. The second-order valence-electron chi connectivity index (χ2n) is 7.85. The first-order chi connectivity index (χ1) is 11.7. The number of aliphatic hydroxyl groups excluding tert-OH is 1. The average Bonchev–Trinajstić information content (AvgIpc) is 2.54. The zero-order valence-electron chi connectivity index (χ0n) is 14.9. The van der Waals surface area contributed by atoms with Crippen LogP contribution in [0.3, 0.4) is 0 Å². The summed E-state index contributed by atoms with van der Waals surface area (Å²) in [6.07, 6.45) is 5.80. The Balaban J connectivity index is 2.16. The number of quaternary nitrogens is 1. The summed E-state index contributed by atoms with van der Waals surface area (Å²) >= 11 is 0. The number of nitrogens with zero attached hydrogens (tertiary/aromatic N) is 1. The molecule has 2 aliphatic carbocycles. The molecule has 2 aliphatic rings. The highest BCUT2D eigenvalue weighted by Gasteiger charge is 2.55. The second kappa shape index (κ2) is 6.09. The van der Waals surface area contributed by atoms with Gasteiger partial charge in [0.1, 0.15) is 11.6 Å². The van der Waals surface area contributed by atoms with Crippen molar-refractivity contribution >= 4 is 5.91 Å². The first kappa shape index (κ1) is 17.9. The molecule has 2 unspecified atom stereocenters. The molecule has 25 heavy (non-hydrogen) atoms. The number of carbonyl (C=O) groups excluding carboxylic acids is 1. The Hall–Kier alpha value is -1.95. The molecule has 5 nitrogen and oxygen atoms in total. The van der Waals surface area contributed by atoms with Gasteiger partial charge in [-0.3, -0.25) is 4.79 Å². The summed E-state index contributed by atoms with van der Waals surface area (Å²) < 4.78 is 0.591. The number of fused-ring (bicyclic) bond motifs is 3. The van der Waals surface area contributed by atoms with Gasteiger partial charge in [0.2, 0.25) is 5.91 Å². The Morgan fingerprint density at radius 2 is 2.20 bits per heavy atom. The number of aliphatic hydroxyl groups is 2. The van der Waals surface area contributed by atoms with E-state index in [9.17, 15) is 15.0 Å². The van der Waals surface area contributed by atoms with Crippen LogP contribution in [0.5, 0.6) is 0 Å². The molecule has 1 aromatic rings. The normalized spacial score (nSPS) is 31.1. The van der Waals surface area contributed by atoms with Gasteiger partial charge in [0, 0.05) is 17.9 Å². The van der Waals surface area contributed by atoms with Crippen LogP contribution in [-0.2, 0) is 6.42 Å². The highest BCUT2D eigenvalue weighted by atomic mass is 16.3. The molecule has 5 heteroatoms. The second-order valence-corrected chi connectivity index (χ2v) is 7.85. The van der Waals surface area contributed by atoms with Gasteiger partial charge in [-0.2, -0.15) is 0 Å². The number of benzene rings is 1. The summed E-state index contributed by atoms with van der Waals surface area (Å²) in [5.74, 6) is -0.758. The molecule has 134 valence electrons. The molecule has 0 aliphatic heterocycles. The molecule has 0 aromatic heterocycles. The Bertz CT molecular complexity index is 740. The molecule has 0 heterocycles. The lowest BCUT2D eigenvalue weighted by atomic mass is 9.63. The third-order valence-electron chi connectivity index (χ3n) is 5.82. The predicted molar refractivity (Wildman–Crippen MR) is 97.1 cm³/mol. The van der Waals surface area contributed by atoms with Gasteiger partial charge in [-0.25, -0.2) is 0 Å². The summed E-state index contributed by atoms with van der Waals surface area (Å²) in [5.41, 5.74) is 6.79. The monoisotopic (exact) mass is 343 g/mol. The number of nitrogens with two attached hydrogens (primary N) is 1. The number of carbonyl (C=O) groups is 1. The topological polar surface area (TPSA) is 83.6 Å². The van der Waals surface area contributed by atoms with Crippen molar-refractivity contribution in [1.29, 1.82) is 0 Å². The third kappa shape index (κ3) is 2.92. The van der Waals surface area contributed by atoms with E-state index >= 15 is 0 Å². The molecular weight excluding hydrogens is 316 g/mol. The highest BCUT2D eigenvalue weighted by Crippen LogP contribution is 2.48. The molecule has 0 bridgehead atoms. The van der Waals surface area contributed by atoms with Crippen molar-refractivity contribution in [2.75, 3.05) is 20.6 Å². The zero-order valence-corrected chi connectivity index (χ0v) is 14.9. The van der Waals surface area contributed by atoms with Crippen molar-refractivity contribution in [1.82, 2.24) is 0 Å². The molecule has 4 atom stereocenters. The van der Waals surface area contributed by atoms with Crippen molar-refractivity contribution < 1.29 is 19.5 Å². The molecule has 4 N–H and O–H groups in total. The van der Waals surface area contributed by atoms with E-state index in [0.717, 1.165) is 17.7 Å². The number of likely N-dealkylation sites (N-methyl/N-ethyl adjacent to an activating group) is 1. The quantitative estimate of drug-likeness (QED) is 0.566. The molecule has 0 saturated heterocycles. The van der Waals surface area contributed by atoms with Crippen LogP contribution in [-0.4, -0.2) is 59.0 Å². The maximum absolute atomic E-state index is 11.6. The van der Waals surface area contributed by atoms with Gasteiger partial charge in [0.05, 0.1) is 26.7 Å². The summed E-state index contributed by atoms with van der Waals surface area (Å²) in [7, 11) is 4.17. The zero-order chi connectivity index (χ0) is 18.4. The summed E-state index contributed by atoms with van der Waals surface area (Å²) in [6, 6.07) is 5.38. The highest BCUT2D eigenvalue weighted by molar-refractivity contribution is 5.93. The molecule has 1 aromatic carbocycles. The maximum Gasteiger partial charge on any atom is 0.248 e. The van der Waals surface area contributed by atoms with Gasteiger partial charge in [0.15, 0.2) is 0 Å². The van der Waals surface area contributed by atoms with E-state index in [1.54, 1.807) is 24.3 Å². The fraction of sp³-hybridized carbons (Fsp3) is 0.450. The maximum atomic E-state index is 11.6. The lowest BCUT2D eigenvalue weighted by Crippen LogP contribution is -2.65. The SMILES string of the molecule is C=CC[N+](C)(C)[C@@H]1Cc2ccc(C(N)=O)cc2C2CC(O)C=C[C@]21O. The van der Waals surface area contributed by atoms with Gasteiger partial charge >= 0.3 is 0 Å². The predicted octanol–water partition coefficient (Wildman–Crippen LogP) is 1.11. The van der Waals surface area contributed by atoms with E-state index in [0.29, 0.717) is 22.9 Å². The molecule has 0 fully saturated rings. The minimum atomic E-state index is -1.09. The van der Waals surface area contributed by atoms with Crippen LogP contribution in [0.2, 0.25) is 0 Å². The third-order valence-corrected chi connectivity index (χ3v) is 5.82. The van der Waals surface area contributed by atoms with Crippen molar-refractivity contribution in [3.63, 3.8) is 0 Å². The minimum Gasteiger partial charge on any atom is -0.389 e. The average molecular weight is 343 g/mol. The largest absolute Gasteiger partial charge is 0.389 e. The van der Waals surface area contributed by atoms with Gasteiger partial charge in [-0.1, -0.05) is 18.7 Å². The molecular formula is C20H27N2O3+. The Kier molecular flexibility index (Phi) is 4.35. The smallest absolute Gasteiger partial charge is 0.248 e. The standard InChI is InChI=1S/C20H26N2O3/c1-4-9-22(2,3)18-11-13-5-6-14(19(21)24)10-16(13)17-12-15(23)7-8-20(17,18)25/h4-8,10,15,17-18,23,25H,1,9,11-12H2,2-3H3,(H-,21,24)/p+1/t15?,17?,18-,20+/m1/s1. The van der Waals surface area contributed by atoms with Crippen molar-refractivity contribution in [2.24, 2.45) is 5.73 Å². The molecule has 0 saturated carbocycles. The first-order valence-corrected chi connectivity index (χ1v) is 8.65. The van der Waals surface area contributed by atoms with Gasteiger partial charge in [0.25, 0.3) is 0 Å². The van der Waals surface area contributed by atoms with Crippen LogP contribution in [0.15, 0.2) is 43.0 Å². The van der Waals surface area contributed by atoms with Crippen LogP contribution >= 0.6 is 0 Å². The van der Waals surface area contributed by atoms with Crippen LogP contribution in [0, 0.1) is 0 Å². The van der Waals surface area contributed by atoms with E-state index in [4.69, 9.17) is 5.73 Å². The minimum absolute atomic E-state index is 0.0776. The van der Waals surface area contributed by atoms with Crippen molar-refractivity contribution in [2.45, 2.75) is 36.5 Å². The molecule has 0 radical (unpaired) electrons. The number of rotatable bonds is 4. The number of primary amides is 1. The Morgan fingerprint density at radius 3 is 2.84 bits per heavy atom. The van der Waals surface area contributed by atoms with E-state index in [1.807, 2.05) is 12.1 Å². The summed E-state index contributed by atoms with van der Waals surface area (Å²) in [4.78, 5) is 11.6. The van der Waals surface area contributed by atoms with Crippen molar-refractivity contribution in [3.05, 3.63) is 59.7 Å². The van der Waals surface area contributed by atoms with Gasteiger partial charge < -0.3 is 20.4 Å². The number of amides is 1. The lowest BCUT2D eigenvalue weighted by molar-refractivity contribution is -0.916. The lowest BCUT2D eigenvalue weighted by Gasteiger charge is -2.53. The molecule has 0 spiro atoms. The van der Waals surface area contributed by atoms with E-state index in [2.05, 4.69) is 20.7 Å². The fourth-order valence-electron chi connectivity index (χ4n) is 4.51. The van der Waals surface area contributed by atoms with Crippen LogP contribution in [0.4, 0.5) is 0 Å². The summed E-state index contributed by atoms with van der Waals surface area (Å²) in [6.45, 7) is 4.58.